The van der Waals surface area contributed by atoms with Gasteiger partial charge in [0.25, 0.3) is 5.91 Å². The van der Waals surface area contributed by atoms with E-state index in [9.17, 15) is 4.79 Å². The molecule has 124 valence electrons. The summed E-state index contributed by atoms with van der Waals surface area (Å²) in [5.74, 6) is 1.10. The van der Waals surface area contributed by atoms with Crippen LogP contribution in [0, 0.1) is 6.92 Å². The molecule has 0 unspecified atom stereocenters. The molecule has 0 aliphatic heterocycles. The molecule has 0 saturated carbocycles. The fraction of sp³-hybridized carbons (Fsp3) is 0.278. The number of benzene rings is 1. The molecule has 1 N–H and O–H groups in total. The highest BCUT2D eigenvalue weighted by molar-refractivity contribution is 7.09. The summed E-state index contributed by atoms with van der Waals surface area (Å²) in [7, 11) is 0. The number of anilines is 1. The van der Waals surface area contributed by atoms with Gasteiger partial charge in [0.1, 0.15) is 11.5 Å². The first-order chi connectivity index (χ1) is 11.5. The number of aryl methyl sites for hydroxylation is 1. The van der Waals surface area contributed by atoms with Gasteiger partial charge in [0.2, 0.25) is 0 Å². The standard InChI is InChI=1S/C18H20N4OS/c1-12(2)18-21-16(11-24-18)17(23)20-15-7-5-4-6-14(15)10-22-9-8-19-13(22)3/h4-9,11-12H,10H2,1-3H3,(H,20,23). The monoisotopic (exact) mass is 340 g/mol. The number of hydrogen-bond acceptors (Lipinski definition) is 4. The third kappa shape index (κ3) is 3.54. The average Bonchev–Trinajstić information content (AvgIpc) is 3.19. The molecule has 5 nitrogen and oxygen atoms in total. The highest BCUT2D eigenvalue weighted by atomic mass is 32.1. The Hall–Kier alpha value is -2.47. The second-order valence-corrected chi connectivity index (χ2v) is 6.83. The summed E-state index contributed by atoms with van der Waals surface area (Å²) in [6, 6.07) is 7.81. The molecule has 1 aromatic carbocycles. The number of amides is 1. The van der Waals surface area contributed by atoms with Crippen LogP contribution in [0.5, 0.6) is 0 Å². The number of carbonyl (C=O) groups is 1. The van der Waals surface area contributed by atoms with E-state index in [0.29, 0.717) is 18.2 Å². The van der Waals surface area contributed by atoms with Crippen molar-refractivity contribution in [3.05, 3.63) is 64.1 Å². The lowest BCUT2D eigenvalue weighted by Crippen LogP contribution is -2.15. The summed E-state index contributed by atoms with van der Waals surface area (Å²) in [4.78, 5) is 21.1. The van der Waals surface area contributed by atoms with E-state index in [1.165, 1.54) is 11.3 Å². The van der Waals surface area contributed by atoms with Crippen molar-refractivity contribution in [2.75, 3.05) is 5.32 Å². The van der Waals surface area contributed by atoms with E-state index >= 15 is 0 Å². The molecule has 0 radical (unpaired) electrons. The van der Waals surface area contributed by atoms with Crippen molar-refractivity contribution < 1.29 is 4.79 Å². The molecule has 2 heterocycles. The van der Waals surface area contributed by atoms with Crippen LogP contribution < -0.4 is 5.32 Å². The van der Waals surface area contributed by atoms with E-state index in [2.05, 4.69) is 29.1 Å². The van der Waals surface area contributed by atoms with Gasteiger partial charge in [0.05, 0.1) is 11.6 Å². The van der Waals surface area contributed by atoms with Crippen molar-refractivity contribution in [2.24, 2.45) is 0 Å². The summed E-state index contributed by atoms with van der Waals surface area (Å²) >= 11 is 1.52. The maximum atomic E-state index is 12.5. The number of carbonyl (C=O) groups excluding carboxylic acids is 1. The van der Waals surface area contributed by atoms with Crippen LogP contribution in [-0.4, -0.2) is 20.4 Å². The molecule has 3 aromatic rings. The number of rotatable bonds is 5. The first-order valence-electron chi connectivity index (χ1n) is 7.87. The quantitative estimate of drug-likeness (QED) is 0.761. The van der Waals surface area contributed by atoms with E-state index in [4.69, 9.17) is 0 Å². The summed E-state index contributed by atoms with van der Waals surface area (Å²) in [6.45, 7) is 6.77. The fourth-order valence-corrected chi connectivity index (χ4v) is 3.19. The second kappa shape index (κ2) is 6.97. The van der Waals surface area contributed by atoms with Crippen molar-refractivity contribution >= 4 is 22.9 Å². The predicted molar refractivity (Wildman–Crippen MR) is 96.7 cm³/mol. The lowest BCUT2D eigenvalue weighted by atomic mass is 10.1. The van der Waals surface area contributed by atoms with Gasteiger partial charge in [-0.05, 0) is 18.6 Å². The highest BCUT2D eigenvalue weighted by Crippen LogP contribution is 2.21. The van der Waals surface area contributed by atoms with Crippen LogP contribution in [0.25, 0.3) is 0 Å². The fourth-order valence-electron chi connectivity index (χ4n) is 2.38. The molecule has 0 saturated heterocycles. The van der Waals surface area contributed by atoms with Crippen LogP contribution in [0.1, 0.15) is 46.6 Å². The molecule has 0 atom stereocenters. The number of hydrogen-bond donors (Lipinski definition) is 1. The summed E-state index contributed by atoms with van der Waals surface area (Å²) in [5.41, 5.74) is 2.30. The van der Waals surface area contributed by atoms with Crippen LogP contribution in [0.15, 0.2) is 42.0 Å². The smallest absolute Gasteiger partial charge is 0.275 e. The Morgan fingerprint density at radius 2 is 2.12 bits per heavy atom. The lowest BCUT2D eigenvalue weighted by molar-refractivity contribution is 0.102. The zero-order valence-electron chi connectivity index (χ0n) is 14.0. The van der Waals surface area contributed by atoms with Crippen LogP contribution in [0.2, 0.25) is 0 Å². The molecule has 6 heteroatoms. The number of nitrogens with zero attached hydrogens (tertiary/aromatic N) is 3. The van der Waals surface area contributed by atoms with Crippen molar-refractivity contribution in [2.45, 2.75) is 33.2 Å². The molecular formula is C18H20N4OS. The van der Waals surface area contributed by atoms with Gasteiger partial charge in [-0.15, -0.1) is 11.3 Å². The minimum Gasteiger partial charge on any atom is -0.331 e. The highest BCUT2D eigenvalue weighted by Gasteiger charge is 2.14. The molecule has 1 amide bonds. The third-order valence-corrected chi connectivity index (χ3v) is 4.92. The van der Waals surface area contributed by atoms with E-state index in [-0.39, 0.29) is 5.91 Å². The van der Waals surface area contributed by atoms with Gasteiger partial charge in [0.15, 0.2) is 0 Å². The van der Waals surface area contributed by atoms with Crippen LogP contribution in [0.4, 0.5) is 5.69 Å². The van der Waals surface area contributed by atoms with Gasteiger partial charge in [-0.25, -0.2) is 9.97 Å². The third-order valence-electron chi connectivity index (χ3n) is 3.78. The zero-order valence-corrected chi connectivity index (χ0v) is 14.8. The molecule has 0 aliphatic carbocycles. The number of para-hydroxylation sites is 1. The Labute approximate surface area is 145 Å². The maximum absolute atomic E-state index is 12.5. The minimum absolute atomic E-state index is 0.173. The van der Waals surface area contributed by atoms with Gasteiger partial charge in [-0.3, -0.25) is 4.79 Å². The molecule has 3 rings (SSSR count). The number of thiazole rings is 1. The first-order valence-corrected chi connectivity index (χ1v) is 8.75. The molecule has 0 fully saturated rings. The maximum Gasteiger partial charge on any atom is 0.275 e. The van der Waals surface area contributed by atoms with Crippen molar-refractivity contribution in [1.82, 2.24) is 14.5 Å². The average molecular weight is 340 g/mol. The molecule has 0 spiro atoms. The van der Waals surface area contributed by atoms with Gasteiger partial charge >= 0.3 is 0 Å². The lowest BCUT2D eigenvalue weighted by Gasteiger charge is -2.12. The Morgan fingerprint density at radius 3 is 2.79 bits per heavy atom. The molecule has 2 aromatic heterocycles. The van der Waals surface area contributed by atoms with Crippen LogP contribution in [0.3, 0.4) is 0 Å². The van der Waals surface area contributed by atoms with Crippen molar-refractivity contribution in [3.63, 3.8) is 0 Å². The first kappa shape index (κ1) is 16.4. The Kier molecular flexibility index (Phi) is 4.76. The minimum atomic E-state index is -0.173. The number of aromatic nitrogens is 3. The van der Waals surface area contributed by atoms with Crippen LogP contribution >= 0.6 is 11.3 Å². The molecule has 0 bridgehead atoms. The van der Waals surface area contributed by atoms with Gasteiger partial charge < -0.3 is 9.88 Å². The molecular weight excluding hydrogens is 320 g/mol. The van der Waals surface area contributed by atoms with Crippen molar-refractivity contribution in [1.29, 1.82) is 0 Å². The summed E-state index contributed by atoms with van der Waals surface area (Å²) in [5, 5.41) is 5.77. The molecule has 24 heavy (non-hydrogen) atoms. The second-order valence-electron chi connectivity index (χ2n) is 5.94. The Balaban J connectivity index is 1.79. The topological polar surface area (TPSA) is 59.8 Å². The van der Waals surface area contributed by atoms with E-state index < -0.39 is 0 Å². The normalized spacial score (nSPS) is 11.0. The van der Waals surface area contributed by atoms with Crippen molar-refractivity contribution in [3.8, 4) is 0 Å². The molecule has 0 aliphatic rings. The van der Waals surface area contributed by atoms with E-state index in [1.54, 1.807) is 6.20 Å². The largest absolute Gasteiger partial charge is 0.331 e. The number of imidazole rings is 1. The van der Waals surface area contributed by atoms with Gasteiger partial charge in [-0.1, -0.05) is 32.0 Å². The Bertz CT molecular complexity index is 850. The van der Waals surface area contributed by atoms with E-state index in [1.807, 2.05) is 47.3 Å². The van der Waals surface area contributed by atoms with Gasteiger partial charge in [-0.2, -0.15) is 0 Å². The van der Waals surface area contributed by atoms with Crippen LogP contribution in [-0.2, 0) is 6.54 Å². The summed E-state index contributed by atoms with van der Waals surface area (Å²) in [6.07, 6.45) is 3.71. The van der Waals surface area contributed by atoms with Gasteiger partial charge in [0, 0.05) is 29.4 Å². The summed E-state index contributed by atoms with van der Waals surface area (Å²) < 4.78 is 2.05. The SMILES string of the molecule is Cc1nccn1Cc1ccccc1NC(=O)c1csc(C(C)C)n1. The number of nitrogens with one attached hydrogen (secondary N) is 1. The van der Waals surface area contributed by atoms with E-state index in [0.717, 1.165) is 22.1 Å². The zero-order chi connectivity index (χ0) is 17.1. The Morgan fingerprint density at radius 1 is 1.33 bits per heavy atom. The predicted octanol–water partition coefficient (Wildman–Crippen LogP) is 4.07.